The molecule has 0 aliphatic heterocycles. The molecule has 2 aromatic rings. The summed E-state index contributed by atoms with van der Waals surface area (Å²) in [6.45, 7) is 9.52. The van der Waals surface area contributed by atoms with Gasteiger partial charge in [0.15, 0.2) is 0 Å². The molecule has 0 unspecified atom stereocenters. The molecule has 29 heavy (non-hydrogen) atoms. The molecular formula is C23H26N2O4. The second-order valence-electron chi connectivity index (χ2n) is 7.47. The van der Waals surface area contributed by atoms with Gasteiger partial charge in [0.25, 0.3) is 0 Å². The van der Waals surface area contributed by atoms with Crippen LogP contribution in [0.5, 0.6) is 0 Å². The van der Waals surface area contributed by atoms with Gasteiger partial charge in [-0.15, -0.1) is 0 Å². The summed E-state index contributed by atoms with van der Waals surface area (Å²) in [5.41, 5.74) is 2.68. The number of nitrogens with zero attached hydrogens (tertiary/aromatic N) is 2. The Bertz CT molecular complexity index is 838. The third-order valence-corrected chi connectivity index (χ3v) is 4.95. The van der Waals surface area contributed by atoms with Crippen LogP contribution in [0.2, 0.25) is 0 Å². The maximum absolute atomic E-state index is 11.7. The van der Waals surface area contributed by atoms with Gasteiger partial charge in [0.1, 0.15) is 0 Å². The van der Waals surface area contributed by atoms with Crippen LogP contribution in [0.4, 0.5) is 11.4 Å². The van der Waals surface area contributed by atoms with Gasteiger partial charge in [-0.2, -0.15) is 0 Å². The van der Waals surface area contributed by atoms with Crippen LogP contribution < -0.4 is 9.80 Å². The molecule has 0 saturated heterocycles. The molecule has 2 aromatic carbocycles. The Balaban J connectivity index is 2.35. The lowest BCUT2D eigenvalue weighted by molar-refractivity contribution is -0.125. The maximum Gasteiger partial charge on any atom is 0.230 e. The fourth-order valence-electron chi connectivity index (χ4n) is 3.39. The lowest BCUT2D eigenvalue weighted by Gasteiger charge is -2.28. The predicted octanol–water partition coefficient (Wildman–Crippen LogP) is 3.81. The lowest BCUT2D eigenvalue weighted by Crippen LogP contribution is -2.33. The Morgan fingerprint density at radius 1 is 0.552 bits per heavy atom. The van der Waals surface area contributed by atoms with Crippen LogP contribution in [-0.2, 0) is 24.6 Å². The second kappa shape index (κ2) is 8.39. The molecule has 4 amide bonds. The van der Waals surface area contributed by atoms with Gasteiger partial charge in [0, 0.05) is 33.1 Å². The van der Waals surface area contributed by atoms with Crippen LogP contribution in [0.3, 0.4) is 0 Å². The molecule has 0 heterocycles. The first-order chi connectivity index (χ1) is 13.5. The summed E-state index contributed by atoms with van der Waals surface area (Å²) >= 11 is 0. The largest absolute Gasteiger partial charge is 0.274 e. The Kier molecular flexibility index (Phi) is 6.37. The quantitative estimate of drug-likeness (QED) is 0.790. The van der Waals surface area contributed by atoms with Crippen molar-refractivity contribution in [3.8, 4) is 0 Å². The minimum Gasteiger partial charge on any atom is -0.274 e. The number of anilines is 2. The average molecular weight is 394 g/mol. The van der Waals surface area contributed by atoms with E-state index >= 15 is 0 Å². The smallest absolute Gasteiger partial charge is 0.230 e. The summed E-state index contributed by atoms with van der Waals surface area (Å²) in [4.78, 5) is 49.2. The number of hydrogen-bond donors (Lipinski definition) is 0. The second-order valence-corrected chi connectivity index (χ2v) is 7.47. The summed E-state index contributed by atoms with van der Waals surface area (Å²) in [6, 6.07) is 14.6. The molecular weight excluding hydrogens is 368 g/mol. The summed E-state index contributed by atoms with van der Waals surface area (Å²) < 4.78 is 0. The molecule has 2 rings (SSSR count). The molecule has 6 heteroatoms. The molecule has 0 bridgehead atoms. The van der Waals surface area contributed by atoms with Crippen LogP contribution in [0, 0.1) is 0 Å². The minimum absolute atomic E-state index is 0.333. The van der Waals surface area contributed by atoms with E-state index in [0.29, 0.717) is 11.4 Å². The molecule has 0 spiro atoms. The molecule has 0 N–H and O–H groups in total. The van der Waals surface area contributed by atoms with Crippen molar-refractivity contribution in [1.82, 2.24) is 0 Å². The zero-order chi connectivity index (χ0) is 21.9. The van der Waals surface area contributed by atoms with Crippen molar-refractivity contribution in [2.45, 2.75) is 47.0 Å². The Labute approximate surface area is 171 Å². The number of hydrogen-bond acceptors (Lipinski definition) is 4. The summed E-state index contributed by atoms with van der Waals surface area (Å²) in [6.07, 6.45) is 0. The van der Waals surface area contributed by atoms with Crippen LogP contribution >= 0.6 is 0 Å². The molecule has 0 saturated carbocycles. The van der Waals surface area contributed by atoms with Crippen molar-refractivity contribution in [2.75, 3.05) is 9.80 Å². The number of amides is 4. The lowest BCUT2D eigenvalue weighted by atomic mass is 9.78. The highest BCUT2D eigenvalue weighted by Crippen LogP contribution is 2.33. The minimum atomic E-state index is -0.369. The van der Waals surface area contributed by atoms with Crippen LogP contribution in [0.1, 0.15) is 52.7 Å². The first-order valence-electron chi connectivity index (χ1n) is 9.30. The zero-order valence-electron chi connectivity index (χ0n) is 17.6. The van der Waals surface area contributed by atoms with Gasteiger partial charge in [0.05, 0.1) is 11.4 Å². The average Bonchev–Trinajstić information content (AvgIpc) is 2.61. The van der Waals surface area contributed by atoms with Gasteiger partial charge < -0.3 is 0 Å². The topological polar surface area (TPSA) is 74.8 Å². The Hall–Kier alpha value is -3.28. The molecule has 0 aliphatic carbocycles. The zero-order valence-corrected chi connectivity index (χ0v) is 17.6. The first-order valence-corrected chi connectivity index (χ1v) is 9.30. The van der Waals surface area contributed by atoms with Crippen molar-refractivity contribution in [3.63, 3.8) is 0 Å². The van der Waals surface area contributed by atoms with Crippen molar-refractivity contribution in [2.24, 2.45) is 0 Å². The van der Waals surface area contributed by atoms with E-state index in [2.05, 4.69) is 13.8 Å². The molecule has 0 aliphatic rings. The Morgan fingerprint density at radius 2 is 0.793 bits per heavy atom. The fourth-order valence-corrected chi connectivity index (χ4v) is 3.39. The van der Waals surface area contributed by atoms with Crippen molar-refractivity contribution in [3.05, 3.63) is 59.7 Å². The van der Waals surface area contributed by atoms with Gasteiger partial charge in [-0.25, -0.2) is 0 Å². The maximum atomic E-state index is 11.7. The van der Waals surface area contributed by atoms with Gasteiger partial charge in [-0.05, 0) is 35.4 Å². The highest BCUT2D eigenvalue weighted by atomic mass is 16.2. The van der Waals surface area contributed by atoms with E-state index in [0.717, 1.165) is 20.9 Å². The van der Waals surface area contributed by atoms with Gasteiger partial charge >= 0.3 is 0 Å². The van der Waals surface area contributed by atoms with Crippen molar-refractivity contribution in [1.29, 1.82) is 0 Å². The fraction of sp³-hybridized carbons (Fsp3) is 0.304. The van der Waals surface area contributed by atoms with E-state index in [4.69, 9.17) is 0 Å². The van der Waals surface area contributed by atoms with Crippen LogP contribution in [0.25, 0.3) is 0 Å². The number of rotatable bonds is 4. The van der Waals surface area contributed by atoms with Gasteiger partial charge in [-0.3, -0.25) is 29.0 Å². The third-order valence-electron chi connectivity index (χ3n) is 4.95. The van der Waals surface area contributed by atoms with Gasteiger partial charge in [0.2, 0.25) is 23.6 Å². The van der Waals surface area contributed by atoms with Crippen LogP contribution in [0.15, 0.2) is 48.5 Å². The number of carbonyl (C=O) groups excluding carboxylic acids is 4. The summed E-state index contributed by atoms with van der Waals surface area (Å²) in [7, 11) is 0. The van der Waals surface area contributed by atoms with Crippen LogP contribution in [-0.4, -0.2) is 23.6 Å². The number of benzene rings is 2. The highest BCUT2D eigenvalue weighted by Gasteiger charge is 2.25. The normalized spacial score (nSPS) is 11.0. The standard InChI is InChI=1S/C23H26N2O4/c1-15(26)24(16(2)27)21-11-7-19(8-12-21)23(5,6)20-9-13-22(14-10-20)25(17(3)28)18(4)29/h7-14H,1-6H3. The van der Waals surface area contributed by atoms with E-state index in [9.17, 15) is 19.2 Å². The molecule has 0 radical (unpaired) electrons. The monoisotopic (exact) mass is 394 g/mol. The molecule has 152 valence electrons. The van der Waals surface area contributed by atoms with Crippen molar-refractivity contribution >= 4 is 35.0 Å². The van der Waals surface area contributed by atoms with E-state index in [1.54, 1.807) is 24.3 Å². The SMILES string of the molecule is CC(=O)N(C(C)=O)c1ccc(C(C)(C)c2ccc(N(C(C)=O)C(C)=O)cc2)cc1. The highest BCUT2D eigenvalue weighted by molar-refractivity contribution is 6.13. The van der Waals surface area contributed by atoms with Crippen molar-refractivity contribution < 1.29 is 19.2 Å². The van der Waals surface area contributed by atoms with E-state index in [1.165, 1.54) is 27.7 Å². The molecule has 0 fully saturated rings. The number of carbonyl (C=O) groups is 4. The van der Waals surface area contributed by atoms with E-state index in [1.807, 2.05) is 24.3 Å². The third kappa shape index (κ3) is 4.59. The Morgan fingerprint density at radius 3 is 1.00 bits per heavy atom. The summed E-state index contributed by atoms with van der Waals surface area (Å²) in [5, 5.41) is 0. The summed E-state index contributed by atoms with van der Waals surface area (Å²) in [5.74, 6) is -1.33. The van der Waals surface area contributed by atoms with E-state index in [-0.39, 0.29) is 29.0 Å². The van der Waals surface area contributed by atoms with Gasteiger partial charge in [-0.1, -0.05) is 38.1 Å². The molecule has 0 atom stereocenters. The van der Waals surface area contributed by atoms with E-state index < -0.39 is 0 Å². The molecule has 6 nitrogen and oxygen atoms in total. The first kappa shape index (κ1) is 22.0. The molecule has 0 aromatic heterocycles. The predicted molar refractivity (Wildman–Crippen MR) is 113 cm³/mol. The number of imide groups is 2.